The average Bonchev–Trinajstić information content (AvgIpc) is 3.59. The second-order valence-corrected chi connectivity index (χ2v) is 12.8. The number of nitrogens with zero attached hydrogens (tertiary/aromatic N) is 4. The first kappa shape index (κ1) is 26.7. The van der Waals surface area contributed by atoms with Crippen molar-refractivity contribution in [2.45, 2.75) is 37.9 Å². The minimum absolute atomic E-state index is 0.147. The second-order valence-electron chi connectivity index (χ2n) is 9.82. The summed E-state index contributed by atoms with van der Waals surface area (Å²) in [4.78, 5) is 32.3. The first-order valence-corrected chi connectivity index (χ1v) is 14.8. The molecular weight excluding hydrogens is 526 g/mol. The summed E-state index contributed by atoms with van der Waals surface area (Å²) in [5, 5.41) is 13.0. The summed E-state index contributed by atoms with van der Waals surface area (Å²) in [6.07, 6.45) is 0.913. The Balaban J connectivity index is 1.27. The molecule has 2 fully saturated rings. The number of hydrogen-bond acceptors (Lipinski definition) is 7. The van der Waals surface area contributed by atoms with Gasteiger partial charge in [0.2, 0.25) is 11.8 Å². The summed E-state index contributed by atoms with van der Waals surface area (Å²) in [5.41, 5.74) is 1.76. The molecule has 3 aromatic rings. The van der Waals surface area contributed by atoms with E-state index >= 15 is 0 Å². The fourth-order valence-electron chi connectivity index (χ4n) is 5.43. The number of nitrogens with one attached hydrogen (secondary N) is 1. The van der Waals surface area contributed by atoms with Crippen LogP contribution in [0.5, 0.6) is 0 Å². The number of hydrogen-bond donors (Lipinski definition) is 2. The molecule has 12 heteroatoms. The zero-order valence-electron chi connectivity index (χ0n) is 21.2. The van der Waals surface area contributed by atoms with Crippen molar-refractivity contribution in [2.24, 2.45) is 5.92 Å². The molecule has 0 radical (unpaired) electrons. The van der Waals surface area contributed by atoms with Crippen LogP contribution in [0.25, 0.3) is 10.2 Å². The molecule has 0 aliphatic carbocycles. The molecule has 0 unspecified atom stereocenters. The molecule has 5 rings (SSSR count). The molecule has 38 heavy (non-hydrogen) atoms. The van der Waals surface area contributed by atoms with E-state index in [-0.39, 0.29) is 25.1 Å². The van der Waals surface area contributed by atoms with E-state index in [1.807, 2.05) is 54.6 Å². The Labute approximate surface area is 226 Å². The van der Waals surface area contributed by atoms with Gasteiger partial charge in [-0.1, -0.05) is 60.7 Å². The summed E-state index contributed by atoms with van der Waals surface area (Å²) in [5.74, 6) is -1.20. The Kier molecular flexibility index (Phi) is 7.51. The summed E-state index contributed by atoms with van der Waals surface area (Å²) >= 11 is 1.42. The van der Waals surface area contributed by atoms with Crippen molar-refractivity contribution in [3.05, 3.63) is 60.2 Å². The standard InChI is InChI=1S/C26H31N5O5S2/c1-17-24-21(31(25(17)34)26-28-20-10-6-7-11-22(20)37-26)12-13-30(24)38(35,36)29(2)15-23(33)27-19(16-32)14-18-8-4-3-5-9-18/h3-11,17,19,21,24,32H,12-16H2,1-2H3,(H,27,33)/t17-,19-,21-,24+/m0/s1. The van der Waals surface area contributed by atoms with Gasteiger partial charge in [0.25, 0.3) is 10.2 Å². The summed E-state index contributed by atoms with van der Waals surface area (Å²) < 4.78 is 30.5. The molecule has 0 saturated carbocycles. The van der Waals surface area contributed by atoms with Gasteiger partial charge in [-0.3, -0.25) is 14.5 Å². The summed E-state index contributed by atoms with van der Waals surface area (Å²) in [7, 11) is -2.67. The SMILES string of the molecule is C[C@@H]1C(=O)N(c2nc3ccccc3s2)[C@H]2CCN(S(=O)(=O)N(C)CC(=O)N[C@H](CO)Cc3ccccc3)[C@H]12. The first-order valence-electron chi connectivity index (χ1n) is 12.6. The van der Waals surface area contributed by atoms with E-state index in [1.54, 1.807) is 11.8 Å². The van der Waals surface area contributed by atoms with Crippen LogP contribution < -0.4 is 10.2 Å². The monoisotopic (exact) mass is 557 g/mol. The van der Waals surface area contributed by atoms with E-state index in [4.69, 9.17) is 0 Å². The molecule has 202 valence electrons. The molecular formula is C26H31N5O5S2. The lowest BCUT2D eigenvalue weighted by atomic mass is 10.0. The van der Waals surface area contributed by atoms with Crippen LogP contribution in [0.15, 0.2) is 54.6 Å². The number of aliphatic hydroxyl groups excluding tert-OH is 1. The molecule has 4 atom stereocenters. The Morgan fingerprint density at radius 1 is 1.21 bits per heavy atom. The van der Waals surface area contributed by atoms with Gasteiger partial charge >= 0.3 is 0 Å². The van der Waals surface area contributed by atoms with Crippen LogP contribution in [0.4, 0.5) is 5.13 Å². The maximum Gasteiger partial charge on any atom is 0.282 e. The Bertz CT molecular complexity index is 1400. The lowest BCUT2D eigenvalue weighted by Crippen LogP contribution is -2.51. The van der Waals surface area contributed by atoms with Gasteiger partial charge in [0.15, 0.2) is 5.13 Å². The van der Waals surface area contributed by atoms with Gasteiger partial charge in [0.05, 0.1) is 47.4 Å². The lowest BCUT2D eigenvalue weighted by Gasteiger charge is -2.29. The highest BCUT2D eigenvalue weighted by Gasteiger charge is 2.56. The van der Waals surface area contributed by atoms with E-state index < -0.39 is 40.7 Å². The van der Waals surface area contributed by atoms with Crippen molar-refractivity contribution in [3.8, 4) is 0 Å². The third-order valence-corrected chi connectivity index (χ3v) is 10.3. The number of likely N-dealkylation sites (N-methyl/N-ethyl adjacent to an activating group) is 1. The minimum Gasteiger partial charge on any atom is -0.394 e. The van der Waals surface area contributed by atoms with Crippen LogP contribution in [0.3, 0.4) is 0 Å². The third kappa shape index (κ3) is 4.94. The number of benzene rings is 2. The molecule has 0 bridgehead atoms. The van der Waals surface area contributed by atoms with Crippen LogP contribution in [-0.4, -0.2) is 83.8 Å². The number of aromatic nitrogens is 1. The predicted octanol–water partition coefficient (Wildman–Crippen LogP) is 1.62. The second kappa shape index (κ2) is 10.7. The molecule has 3 heterocycles. The number of aliphatic hydroxyl groups is 1. The summed E-state index contributed by atoms with van der Waals surface area (Å²) in [6, 6.07) is 15.7. The van der Waals surface area contributed by atoms with Crippen molar-refractivity contribution in [2.75, 3.05) is 31.6 Å². The average molecular weight is 558 g/mol. The van der Waals surface area contributed by atoms with Gasteiger partial charge in [0, 0.05) is 13.6 Å². The maximum atomic E-state index is 13.6. The molecule has 2 aromatic carbocycles. The van der Waals surface area contributed by atoms with E-state index in [9.17, 15) is 23.1 Å². The number of amides is 2. The number of thiazole rings is 1. The highest BCUT2D eigenvalue weighted by Crippen LogP contribution is 2.42. The van der Waals surface area contributed by atoms with Gasteiger partial charge in [-0.2, -0.15) is 17.0 Å². The topological polar surface area (TPSA) is 123 Å². The number of fused-ring (bicyclic) bond motifs is 2. The number of anilines is 1. The number of carbonyl (C=O) groups is 2. The highest BCUT2D eigenvalue weighted by molar-refractivity contribution is 7.86. The van der Waals surface area contributed by atoms with Crippen molar-refractivity contribution in [1.29, 1.82) is 0 Å². The molecule has 10 nitrogen and oxygen atoms in total. The smallest absolute Gasteiger partial charge is 0.282 e. The van der Waals surface area contributed by atoms with Gasteiger partial charge < -0.3 is 10.4 Å². The molecule has 2 aliphatic heterocycles. The van der Waals surface area contributed by atoms with Gasteiger partial charge in [-0.15, -0.1) is 0 Å². The molecule has 2 amide bonds. The van der Waals surface area contributed by atoms with E-state index in [2.05, 4.69) is 10.3 Å². The molecule has 1 aromatic heterocycles. The number of carbonyl (C=O) groups excluding carboxylic acids is 2. The molecule has 2 N–H and O–H groups in total. The van der Waals surface area contributed by atoms with Crippen molar-refractivity contribution in [3.63, 3.8) is 0 Å². The molecule has 0 spiro atoms. The van der Waals surface area contributed by atoms with Crippen molar-refractivity contribution < 1.29 is 23.1 Å². The quantitative estimate of drug-likeness (QED) is 0.412. The van der Waals surface area contributed by atoms with Gasteiger partial charge in [0.1, 0.15) is 0 Å². The van der Waals surface area contributed by atoms with Crippen LogP contribution in [0.1, 0.15) is 18.9 Å². The van der Waals surface area contributed by atoms with Crippen molar-refractivity contribution in [1.82, 2.24) is 18.9 Å². The fraction of sp³-hybridized carbons (Fsp3) is 0.423. The predicted molar refractivity (Wildman–Crippen MR) is 146 cm³/mol. The Hall–Kier alpha value is -2.90. The van der Waals surface area contributed by atoms with E-state index in [0.29, 0.717) is 18.0 Å². The Morgan fingerprint density at radius 3 is 2.63 bits per heavy atom. The van der Waals surface area contributed by atoms with Gasteiger partial charge in [-0.25, -0.2) is 4.98 Å². The van der Waals surface area contributed by atoms with E-state index in [0.717, 1.165) is 20.1 Å². The molecule has 2 saturated heterocycles. The van der Waals surface area contributed by atoms with Crippen LogP contribution >= 0.6 is 11.3 Å². The maximum absolute atomic E-state index is 13.6. The van der Waals surface area contributed by atoms with Crippen molar-refractivity contribution >= 4 is 48.7 Å². The van der Waals surface area contributed by atoms with Crippen LogP contribution in [-0.2, 0) is 26.2 Å². The van der Waals surface area contributed by atoms with Crippen LogP contribution in [0, 0.1) is 5.92 Å². The number of rotatable bonds is 9. The first-order chi connectivity index (χ1) is 18.2. The normalized spacial score (nSPS) is 22.8. The third-order valence-electron chi connectivity index (χ3n) is 7.30. The van der Waals surface area contributed by atoms with E-state index in [1.165, 1.54) is 22.7 Å². The number of para-hydroxylation sites is 1. The van der Waals surface area contributed by atoms with Gasteiger partial charge in [-0.05, 0) is 30.5 Å². The zero-order valence-corrected chi connectivity index (χ0v) is 22.9. The highest BCUT2D eigenvalue weighted by atomic mass is 32.2. The Morgan fingerprint density at radius 2 is 1.92 bits per heavy atom. The van der Waals surface area contributed by atoms with Crippen LogP contribution in [0.2, 0.25) is 0 Å². The summed E-state index contributed by atoms with van der Waals surface area (Å²) in [6.45, 7) is 1.33. The lowest BCUT2D eigenvalue weighted by molar-refractivity contribution is -0.122. The zero-order chi connectivity index (χ0) is 27.0. The molecule has 2 aliphatic rings. The fourth-order valence-corrected chi connectivity index (χ4v) is 8.06. The largest absolute Gasteiger partial charge is 0.394 e. The minimum atomic E-state index is -4.03.